The van der Waals surface area contributed by atoms with Crippen molar-refractivity contribution in [3.8, 4) is 11.8 Å². The molecule has 0 aliphatic rings. The Morgan fingerprint density at radius 3 is 2.39 bits per heavy atom. The summed E-state index contributed by atoms with van der Waals surface area (Å²) in [5.74, 6) is 5.67. The fourth-order valence-corrected chi connectivity index (χ4v) is 1.81. The molecule has 0 amide bonds. The largest absolute Gasteiger partial charge is 0.465 e. The molecular weight excluding hydrogens is 292 g/mol. The molecule has 0 aliphatic carbocycles. The molecule has 0 fully saturated rings. The summed E-state index contributed by atoms with van der Waals surface area (Å²) in [5, 5.41) is 9.67. The van der Waals surface area contributed by atoms with E-state index in [-0.39, 0.29) is 5.97 Å². The molecule has 0 saturated carbocycles. The zero-order chi connectivity index (χ0) is 17.5. The van der Waals surface area contributed by atoms with Crippen LogP contribution in [-0.4, -0.2) is 36.0 Å². The van der Waals surface area contributed by atoms with E-state index in [0.717, 1.165) is 5.56 Å². The van der Waals surface area contributed by atoms with Crippen molar-refractivity contribution in [2.75, 3.05) is 6.61 Å². The van der Waals surface area contributed by atoms with Crippen molar-refractivity contribution in [1.82, 2.24) is 0 Å². The number of hydrogen-bond donors (Lipinski definition) is 1. The zero-order valence-corrected chi connectivity index (χ0v) is 14.5. The van der Waals surface area contributed by atoms with Crippen molar-refractivity contribution in [3.05, 3.63) is 35.9 Å². The molecule has 1 N–H and O–H groups in total. The molecule has 1 aromatic carbocycles. The van der Waals surface area contributed by atoms with Crippen molar-refractivity contribution in [2.45, 2.75) is 52.9 Å². The fraction of sp³-hybridized carbons (Fsp3) is 0.526. The standard InChI is InChI=1S/C19H26O4/c1-6-22-18(21)19(4,5)17(23-15(3)14(2)20)13-12-16-10-8-7-9-11-16/h7-11,14-15,17,20H,6H2,1-5H3/t14-,15+,17+/m0/s1. The molecule has 0 saturated heterocycles. The smallest absolute Gasteiger partial charge is 0.315 e. The molecule has 0 heterocycles. The normalized spacial score (nSPS) is 15.0. The Kier molecular flexibility index (Phi) is 7.28. The first-order valence-electron chi connectivity index (χ1n) is 7.86. The van der Waals surface area contributed by atoms with Crippen LogP contribution < -0.4 is 0 Å². The molecule has 0 aliphatic heterocycles. The summed E-state index contributed by atoms with van der Waals surface area (Å²) >= 11 is 0. The average Bonchev–Trinajstić information content (AvgIpc) is 2.52. The van der Waals surface area contributed by atoms with Crippen LogP contribution in [0.2, 0.25) is 0 Å². The van der Waals surface area contributed by atoms with Gasteiger partial charge in [0.05, 0.1) is 24.2 Å². The SMILES string of the molecule is CCOC(=O)C(C)(C)[C@@H](C#Cc1ccccc1)O[C@H](C)[C@H](C)O. The zero-order valence-electron chi connectivity index (χ0n) is 14.5. The number of carbonyl (C=O) groups excluding carboxylic acids is 1. The first-order chi connectivity index (χ1) is 10.8. The van der Waals surface area contributed by atoms with Gasteiger partial charge in [-0.15, -0.1) is 0 Å². The Morgan fingerprint density at radius 2 is 1.87 bits per heavy atom. The predicted molar refractivity (Wildman–Crippen MR) is 89.7 cm³/mol. The van der Waals surface area contributed by atoms with Crippen molar-refractivity contribution >= 4 is 5.97 Å². The van der Waals surface area contributed by atoms with E-state index < -0.39 is 23.7 Å². The third-order valence-corrected chi connectivity index (χ3v) is 3.61. The van der Waals surface area contributed by atoms with Crippen LogP contribution in [0.4, 0.5) is 0 Å². The lowest BCUT2D eigenvalue weighted by Gasteiger charge is -2.31. The number of esters is 1. The van der Waals surface area contributed by atoms with E-state index >= 15 is 0 Å². The van der Waals surface area contributed by atoms with Gasteiger partial charge >= 0.3 is 5.97 Å². The van der Waals surface area contributed by atoms with Crippen LogP contribution in [0, 0.1) is 17.3 Å². The van der Waals surface area contributed by atoms with Gasteiger partial charge in [0.15, 0.2) is 0 Å². The van der Waals surface area contributed by atoms with Gasteiger partial charge in [-0.2, -0.15) is 0 Å². The van der Waals surface area contributed by atoms with Gasteiger partial charge in [-0.3, -0.25) is 4.79 Å². The molecule has 126 valence electrons. The third kappa shape index (κ3) is 5.70. The van der Waals surface area contributed by atoms with E-state index in [9.17, 15) is 9.90 Å². The Balaban J connectivity index is 3.07. The average molecular weight is 318 g/mol. The van der Waals surface area contributed by atoms with Crippen LogP contribution in [-0.2, 0) is 14.3 Å². The lowest BCUT2D eigenvalue weighted by molar-refractivity contribution is -0.164. The molecule has 1 rings (SSSR count). The Bertz CT molecular complexity index is 552. The lowest BCUT2D eigenvalue weighted by atomic mass is 9.86. The van der Waals surface area contributed by atoms with Gasteiger partial charge in [0, 0.05) is 5.56 Å². The highest BCUT2D eigenvalue weighted by atomic mass is 16.5. The highest BCUT2D eigenvalue weighted by molar-refractivity contribution is 5.77. The minimum Gasteiger partial charge on any atom is -0.465 e. The molecule has 1 aromatic rings. The number of ether oxygens (including phenoxy) is 2. The predicted octanol–water partition coefficient (Wildman–Crippen LogP) is 2.78. The van der Waals surface area contributed by atoms with Gasteiger partial charge in [-0.25, -0.2) is 0 Å². The maximum Gasteiger partial charge on any atom is 0.315 e. The maximum atomic E-state index is 12.2. The monoisotopic (exact) mass is 318 g/mol. The van der Waals surface area contributed by atoms with Crippen LogP contribution in [0.25, 0.3) is 0 Å². The number of aliphatic hydroxyl groups is 1. The van der Waals surface area contributed by atoms with Crippen LogP contribution in [0.1, 0.15) is 40.2 Å². The van der Waals surface area contributed by atoms with E-state index in [0.29, 0.717) is 6.61 Å². The molecule has 4 nitrogen and oxygen atoms in total. The minimum absolute atomic E-state index is 0.299. The van der Waals surface area contributed by atoms with Crippen molar-refractivity contribution in [3.63, 3.8) is 0 Å². The van der Waals surface area contributed by atoms with Gasteiger partial charge in [-0.1, -0.05) is 30.0 Å². The quantitative estimate of drug-likeness (QED) is 0.647. The van der Waals surface area contributed by atoms with Gasteiger partial charge in [0.25, 0.3) is 0 Å². The minimum atomic E-state index is -0.944. The van der Waals surface area contributed by atoms with Crippen molar-refractivity contribution < 1.29 is 19.4 Å². The van der Waals surface area contributed by atoms with E-state index in [2.05, 4.69) is 11.8 Å². The summed E-state index contributed by atoms with van der Waals surface area (Å²) in [5.41, 5.74) is -0.105. The molecule has 3 atom stereocenters. The summed E-state index contributed by atoms with van der Waals surface area (Å²) in [6, 6.07) is 9.49. The highest BCUT2D eigenvalue weighted by Crippen LogP contribution is 2.27. The van der Waals surface area contributed by atoms with E-state index in [4.69, 9.17) is 9.47 Å². The van der Waals surface area contributed by atoms with Crippen LogP contribution in [0.15, 0.2) is 30.3 Å². The van der Waals surface area contributed by atoms with Crippen LogP contribution in [0.5, 0.6) is 0 Å². The second-order valence-electron chi connectivity index (χ2n) is 6.04. The third-order valence-electron chi connectivity index (χ3n) is 3.61. The first kappa shape index (κ1) is 19.2. The van der Waals surface area contributed by atoms with Crippen molar-refractivity contribution in [1.29, 1.82) is 0 Å². The molecule has 0 aromatic heterocycles. The van der Waals surface area contributed by atoms with Crippen molar-refractivity contribution in [2.24, 2.45) is 5.41 Å². The maximum absolute atomic E-state index is 12.2. The summed E-state index contributed by atoms with van der Waals surface area (Å²) < 4.78 is 11.0. The van der Waals surface area contributed by atoms with Gasteiger partial charge < -0.3 is 14.6 Å². The lowest BCUT2D eigenvalue weighted by Crippen LogP contribution is -2.42. The molecule has 23 heavy (non-hydrogen) atoms. The van der Waals surface area contributed by atoms with Gasteiger partial charge in [-0.05, 0) is 46.8 Å². The Hall–Kier alpha value is -1.83. The van der Waals surface area contributed by atoms with E-state index in [1.54, 1.807) is 34.6 Å². The van der Waals surface area contributed by atoms with Crippen LogP contribution in [0.3, 0.4) is 0 Å². The molecular formula is C19H26O4. The molecule has 0 radical (unpaired) electrons. The van der Waals surface area contributed by atoms with E-state index in [1.807, 2.05) is 30.3 Å². The first-order valence-corrected chi connectivity index (χ1v) is 7.86. The number of aliphatic hydroxyl groups excluding tert-OH is 1. The summed E-state index contributed by atoms with van der Waals surface area (Å²) in [7, 11) is 0. The number of hydrogen-bond acceptors (Lipinski definition) is 4. The molecule has 0 spiro atoms. The number of benzene rings is 1. The van der Waals surface area contributed by atoms with E-state index in [1.165, 1.54) is 0 Å². The van der Waals surface area contributed by atoms with Crippen LogP contribution >= 0.6 is 0 Å². The Labute approximate surface area is 138 Å². The molecule has 0 unspecified atom stereocenters. The summed E-state index contributed by atoms with van der Waals surface area (Å²) in [6.45, 7) is 8.94. The van der Waals surface area contributed by atoms with Gasteiger partial charge in [0.2, 0.25) is 0 Å². The second kappa shape index (κ2) is 8.71. The topological polar surface area (TPSA) is 55.8 Å². The Morgan fingerprint density at radius 1 is 1.26 bits per heavy atom. The highest BCUT2D eigenvalue weighted by Gasteiger charge is 2.39. The molecule has 4 heteroatoms. The summed E-state index contributed by atoms with van der Waals surface area (Å²) in [6.07, 6.45) is -1.79. The number of carbonyl (C=O) groups is 1. The van der Waals surface area contributed by atoms with Gasteiger partial charge in [0.1, 0.15) is 6.10 Å². The number of rotatable bonds is 6. The molecule has 0 bridgehead atoms. The summed E-state index contributed by atoms with van der Waals surface area (Å²) in [4.78, 5) is 12.2. The fourth-order valence-electron chi connectivity index (χ4n) is 1.81. The second-order valence-corrected chi connectivity index (χ2v) is 6.04.